The number of nitrogens with zero attached hydrogens (tertiary/aromatic N) is 1. The topological polar surface area (TPSA) is 40.7 Å². The van der Waals surface area contributed by atoms with Crippen molar-refractivity contribution < 1.29 is 0 Å². The van der Waals surface area contributed by atoms with E-state index in [4.69, 9.17) is 0 Å². The molecule has 3 heteroatoms. The number of aromatic amines is 1. The van der Waals surface area contributed by atoms with Crippen molar-refractivity contribution in [3.05, 3.63) is 65.9 Å². The third-order valence-electron chi connectivity index (χ3n) is 3.77. The van der Waals surface area contributed by atoms with Gasteiger partial charge in [0.25, 0.3) is 0 Å². The molecule has 1 heterocycles. The molecule has 0 bridgehead atoms. The molecule has 3 rings (SSSR count). The van der Waals surface area contributed by atoms with E-state index >= 15 is 0 Å². The van der Waals surface area contributed by atoms with Gasteiger partial charge < -0.3 is 5.32 Å². The fraction of sp³-hybridized carbons (Fsp3) is 0.235. The van der Waals surface area contributed by atoms with Crippen LogP contribution in [0.25, 0.3) is 10.9 Å². The molecule has 0 aliphatic heterocycles. The van der Waals surface area contributed by atoms with Crippen LogP contribution in [-0.2, 0) is 0 Å². The SMILES string of the molecule is CNCCC(c1ccccc1)c1cccc2cn[nH]c12. The van der Waals surface area contributed by atoms with Gasteiger partial charge >= 0.3 is 0 Å². The number of para-hydroxylation sites is 1. The van der Waals surface area contributed by atoms with E-state index in [0.29, 0.717) is 5.92 Å². The lowest BCUT2D eigenvalue weighted by molar-refractivity contribution is 0.664. The Bertz CT molecular complexity index is 673. The van der Waals surface area contributed by atoms with Crippen molar-refractivity contribution in [3.8, 4) is 0 Å². The molecule has 102 valence electrons. The minimum absolute atomic E-state index is 0.382. The molecule has 3 aromatic rings. The van der Waals surface area contributed by atoms with E-state index in [1.54, 1.807) is 0 Å². The molecule has 1 aromatic heterocycles. The summed E-state index contributed by atoms with van der Waals surface area (Å²) < 4.78 is 0. The summed E-state index contributed by atoms with van der Waals surface area (Å²) in [6.07, 6.45) is 2.96. The van der Waals surface area contributed by atoms with Crippen LogP contribution in [0, 0.1) is 0 Å². The van der Waals surface area contributed by atoms with Gasteiger partial charge in [-0.25, -0.2) is 0 Å². The predicted molar refractivity (Wildman–Crippen MR) is 82.9 cm³/mol. The number of fused-ring (bicyclic) bond motifs is 1. The van der Waals surface area contributed by atoms with Crippen molar-refractivity contribution in [3.63, 3.8) is 0 Å². The summed E-state index contributed by atoms with van der Waals surface area (Å²) in [5.74, 6) is 0.382. The van der Waals surface area contributed by atoms with E-state index < -0.39 is 0 Å². The number of nitrogens with one attached hydrogen (secondary N) is 2. The van der Waals surface area contributed by atoms with Crippen molar-refractivity contribution in [1.29, 1.82) is 0 Å². The second kappa shape index (κ2) is 5.88. The van der Waals surface area contributed by atoms with Crippen LogP contribution >= 0.6 is 0 Å². The third kappa shape index (κ3) is 2.45. The molecule has 1 unspecified atom stereocenters. The fourth-order valence-corrected chi connectivity index (χ4v) is 2.76. The highest BCUT2D eigenvalue weighted by Crippen LogP contribution is 2.31. The standard InChI is InChI=1S/C17H19N3/c1-18-11-10-15(13-6-3-2-4-7-13)16-9-5-8-14-12-19-20-17(14)16/h2-9,12,15,18H,10-11H2,1H3,(H,19,20). The first-order valence-corrected chi connectivity index (χ1v) is 7.01. The summed E-state index contributed by atoms with van der Waals surface area (Å²) in [5.41, 5.74) is 3.82. The number of hydrogen-bond acceptors (Lipinski definition) is 2. The first kappa shape index (κ1) is 12.9. The maximum Gasteiger partial charge on any atom is 0.0688 e. The molecule has 3 nitrogen and oxygen atoms in total. The number of aromatic nitrogens is 2. The maximum atomic E-state index is 4.18. The van der Waals surface area contributed by atoms with Gasteiger partial charge in [0.2, 0.25) is 0 Å². The van der Waals surface area contributed by atoms with Crippen LogP contribution in [-0.4, -0.2) is 23.8 Å². The summed E-state index contributed by atoms with van der Waals surface area (Å²) in [6, 6.07) is 17.1. The van der Waals surface area contributed by atoms with Crippen LogP contribution in [0.4, 0.5) is 0 Å². The lowest BCUT2D eigenvalue weighted by Gasteiger charge is -2.18. The van der Waals surface area contributed by atoms with Crippen LogP contribution in [0.2, 0.25) is 0 Å². The Kier molecular flexibility index (Phi) is 3.79. The van der Waals surface area contributed by atoms with E-state index in [0.717, 1.165) is 18.5 Å². The van der Waals surface area contributed by atoms with Crippen LogP contribution in [0.5, 0.6) is 0 Å². The minimum atomic E-state index is 0.382. The number of hydrogen-bond donors (Lipinski definition) is 2. The first-order chi connectivity index (χ1) is 9.90. The Morgan fingerprint density at radius 3 is 2.75 bits per heavy atom. The van der Waals surface area contributed by atoms with E-state index in [1.165, 1.54) is 16.5 Å². The highest BCUT2D eigenvalue weighted by Gasteiger charge is 2.16. The van der Waals surface area contributed by atoms with Crippen molar-refractivity contribution in [2.24, 2.45) is 0 Å². The monoisotopic (exact) mass is 265 g/mol. The zero-order chi connectivity index (χ0) is 13.8. The van der Waals surface area contributed by atoms with Gasteiger partial charge in [-0.15, -0.1) is 0 Å². The zero-order valence-corrected chi connectivity index (χ0v) is 11.6. The smallest absolute Gasteiger partial charge is 0.0688 e. The Morgan fingerprint density at radius 1 is 1.10 bits per heavy atom. The van der Waals surface area contributed by atoms with Crippen LogP contribution in [0.15, 0.2) is 54.7 Å². The minimum Gasteiger partial charge on any atom is -0.320 e. The molecule has 0 amide bonds. The van der Waals surface area contributed by atoms with Crippen LogP contribution in [0.1, 0.15) is 23.5 Å². The van der Waals surface area contributed by atoms with E-state index in [1.807, 2.05) is 13.2 Å². The molecule has 0 fully saturated rings. The summed E-state index contributed by atoms with van der Waals surface area (Å²) in [6.45, 7) is 0.990. The van der Waals surface area contributed by atoms with Gasteiger partial charge in [0, 0.05) is 11.3 Å². The number of H-pyrrole nitrogens is 1. The lowest BCUT2D eigenvalue weighted by atomic mass is 9.87. The van der Waals surface area contributed by atoms with Gasteiger partial charge in [-0.2, -0.15) is 5.10 Å². The largest absolute Gasteiger partial charge is 0.320 e. The molecule has 20 heavy (non-hydrogen) atoms. The summed E-state index contributed by atoms with van der Waals surface area (Å²) in [4.78, 5) is 0. The quantitative estimate of drug-likeness (QED) is 0.743. The van der Waals surface area contributed by atoms with E-state index in [2.05, 4.69) is 64.0 Å². The number of benzene rings is 2. The summed E-state index contributed by atoms with van der Waals surface area (Å²) in [5, 5.41) is 11.7. The van der Waals surface area contributed by atoms with E-state index in [9.17, 15) is 0 Å². The Balaban J connectivity index is 2.07. The molecule has 0 aliphatic rings. The molecule has 0 radical (unpaired) electrons. The highest BCUT2D eigenvalue weighted by atomic mass is 15.1. The predicted octanol–water partition coefficient (Wildman–Crippen LogP) is 3.30. The van der Waals surface area contributed by atoms with Crippen LogP contribution in [0.3, 0.4) is 0 Å². The molecular formula is C17H19N3. The van der Waals surface area contributed by atoms with Gasteiger partial charge in [-0.3, -0.25) is 5.10 Å². The highest BCUT2D eigenvalue weighted by molar-refractivity contribution is 5.82. The molecule has 1 atom stereocenters. The Morgan fingerprint density at radius 2 is 1.95 bits per heavy atom. The maximum absolute atomic E-state index is 4.18. The second-order valence-corrected chi connectivity index (χ2v) is 5.04. The van der Waals surface area contributed by atoms with Gasteiger partial charge in [0.15, 0.2) is 0 Å². The van der Waals surface area contributed by atoms with Gasteiger partial charge in [0.05, 0.1) is 11.7 Å². The Labute approximate surface area is 119 Å². The number of rotatable bonds is 5. The molecule has 0 aliphatic carbocycles. The second-order valence-electron chi connectivity index (χ2n) is 5.04. The van der Waals surface area contributed by atoms with E-state index in [-0.39, 0.29) is 0 Å². The lowest BCUT2D eigenvalue weighted by Crippen LogP contribution is -2.13. The summed E-state index contributed by atoms with van der Waals surface area (Å²) in [7, 11) is 2.00. The van der Waals surface area contributed by atoms with Crippen molar-refractivity contribution in [1.82, 2.24) is 15.5 Å². The normalized spacial score (nSPS) is 12.7. The average Bonchev–Trinajstić information content (AvgIpc) is 2.98. The third-order valence-corrected chi connectivity index (χ3v) is 3.77. The molecule has 0 spiro atoms. The van der Waals surface area contributed by atoms with Gasteiger partial charge in [0.1, 0.15) is 0 Å². The van der Waals surface area contributed by atoms with Gasteiger partial charge in [-0.1, -0.05) is 48.5 Å². The van der Waals surface area contributed by atoms with Crippen molar-refractivity contribution >= 4 is 10.9 Å². The molecular weight excluding hydrogens is 246 g/mol. The molecule has 2 N–H and O–H groups in total. The molecule has 0 saturated heterocycles. The Hall–Kier alpha value is -2.13. The average molecular weight is 265 g/mol. The molecule has 0 saturated carbocycles. The van der Waals surface area contributed by atoms with Crippen molar-refractivity contribution in [2.75, 3.05) is 13.6 Å². The van der Waals surface area contributed by atoms with Crippen molar-refractivity contribution in [2.45, 2.75) is 12.3 Å². The fourth-order valence-electron chi connectivity index (χ4n) is 2.76. The molecule has 2 aromatic carbocycles. The van der Waals surface area contributed by atoms with Crippen LogP contribution < -0.4 is 5.32 Å². The zero-order valence-electron chi connectivity index (χ0n) is 11.6. The van der Waals surface area contributed by atoms with Gasteiger partial charge in [-0.05, 0) is 31.1 Å². The first-order valence-electron chi connectivity index (χ1n) is 7.01. The summed E-state index contributed by atoms with van der Waals surface area (Å²) >= 11 is 0.